The summed E-state index contributed by atoms with van der Waals surface area (Å²) in [5, 5.41) is 3.41. The molecule has 1 aliphatic rings. The van der Waals surface area contributed by atoms with Crippen molar-refractivity contribution in [2.45, 2.75) is 25.6 Å². The maximum atomic E-state index is 6.44. The molecule has 1 heterocycles. The topological polar surface area (TPSA) is 39.7 Å². The average molecular weight is 327 g/mol. The Morgan fingerprint density at radius 2 is 1.79 bits per heavy atom. The molecular formula is C20H25NO3. The van der Waals surface area contributed by atoms with E-state index in [4.69, 9.17) is 14.2 Å². The molecule has 1 saturated heterocycles. The van der Waals surface area contributed by atoms with Crippen LogP contribution in [0.5, 0.6) is 11.5 Å². The third kappa shape index (κ3) is 3.71. The van der Waals surface area contributed by atoms with Gasteiger partial charge >= 0.3 is 0 Å². The summed E-state index contributed by atoms with van der Waals surface area (Å²) in [6.45, 7) is 6.96. The van der Waals surface area contributed by atoms with E-state index in [0.717, 1.165) is 30.2 Å². The molecule has 1 aliphatic heterocycles. The van der Waals surface area contributed by atoms with Crippen LogP contribution in [-0.4, -0.2) is 31.9 Å². The Bertz CT molecular complexity index is 638. The molecule has 2 atom stereocenters. The molecule has 24 heavy (non-hydrogen) atoms. The van der Waals surface area contributed by atoms with Crippen LogP contribution in [0.3, 0.4) is 0 Å². The molecule has 0 amide bonds. The van der Waals surface area contributed by atoms with E-state index in [1.54, 1.807) is 0 Å². The highest BCUT2D eigenvalue weighted by Crippen LogP contribution is 2.38. The van der Waals surface area contributed by atoms with Gasteiger partial charge in [-0.1, -0.05) is 42.5 Å². The lowest BCUT2D eigenvalue weighted by molar-refractivity contribution is -0.119. The molecule has 128 valence electrons. The smallest absolute Gasteiger partial charge is 0.162 e. The highest BCUT2D eigenvalue weighted by molar-refractivity contribution is 5.40. The first-order chi connectivity index (χ1) is 11.7. The Kier molecular flexibility index (Phi) is 5.38. The molecule has 4 nitrogen and oxygen atoms in total. The third-order valence-electron chi connectivity index (χ3n) is 4.24. The molecule has 0 spiro atoms. The molecule has 2 aromatic carbocycles. The van der Waals surface area contributed by atoms with Crippen molar-refractivity contribution >= 4 is 0 Å². The van der Waals surface area contributed by atoms with E-state index in [-0.39, 0.29) is 6.10 Å². The van der Waals surface area contributed by atoms with Crippen LogP contribution >= 0.6 is 0 Å². The number of morpholine rings is 1. The summed E-state index contributed by atoms with van der Waals surface area (Å²) in [6, 6.07) is 18.0. The first-order valence-electron chi connectivity index (χ1n) is 8.51. The third-order valence-corrected chi connectivity index (χ3v) is 4.24. The molecule has 1 fully saturated rings. The van der Waals surface area contributed by atoms with E-state index in [1.807, 2.05) is 49.4 Å². The van der Waals surface area contributed by atoms with E-state index in [2.05, 4.69) is 24.4 Å². The summed E-state index contributed by atoms with van der Waals surface area (Å²) in [5.41, 5.74) is 0.647. The van der Waals surface area contributed by atoms with E-state index in [0.29, 0.717) is 13.2 Å². The molecular weight excluding hydrogens is 302 g/mol. The highest BCUT2D eigenvalue weighted by Gasteiger charge is 2.40. The molecule has 2 aromatic rings. The van der Waals surface area contributed by atoms with Gasteiger partial charge in [0, 0.05) is 13.1 Å². The van der Waals surface area contributed by atoms with Crippen LogP contribution < -0.4 is 14.8 Å². The van der Waals surface area contributed by atoms with E-state index >= 15 is 0 Å². The van der Waals surface area contributed by atoms with Crippen molar-refractivity contribution < 1.29 is 14.2 Å². The summed E-state index contributed by atoms with van der Waals surface area (Å²) in [6.07, 6.45) is -0.229. The summed E-state index contributed by atoms with van der Waals surface area (Å²) >= 11 is 0. The maximum Gasteiger partial charge on any atom is 0.162 e. The van der Waals surface area contributed by atoms with Crippen LogP contribution in [0.25, 0.3) is 0 Å². The number of hydrogen-bond donors (Lipinski definition) is 1. The Morgan fingerprint density at radius 3 is 2.46 bits per heavy atom. The van der Waals surface area contributed by atoms with Gasteiger partial charge in [-0.05, 0) is 31.5 Å². The summed E-state index contributed by atoms with van der Waals surface area (Å²) in [5.74, 6) is 1.50. The lowest BCUT2D eigenvalue weighted by atomic mass is 9.91. The van der Waals surface area contributed by atoms with Crippen LogP contribution in [0.2, 0.25) is 0 Å². The van der Waals surface area contributed by atoms with Crippen molar-refractivity contribution in [3.8, 4) is 11.5 Å². The van der Waals surface area contributed by atoms with Gasteiger partial charge in [-0.15, -0.1) is 0 Å². The van der Waals surface area contributed by atoms with E-state index in [9.17, 15) is 0 Å². The zero-order valence-electron chi connectivity index (χ0n) is 14.3. The largest absolute Gasteiger partial charge is 0.490 e. The highest BCUT2D eigenvalue weighted by atomic mass is 16.6. The fraction of sp³-hybridized carbons (Fsp3) is 0.400. The van der Waals surface area contributed by atoms with Gasteiger partial charge in [0.1, 0.15) is 5.60 Å². The number of rotatable bonds is 6. The first kappa shape index (κ1) is 16.8. The van der Waals surface area contributed by atoms with E-state index < -0.39 is 5.60 Å². The van der Waals surface area contributed by atoms with Crippen LogP contribution in [0.1, 0.15) is 25.5 Å². The van der Waals surface area contributed by atoms with Gasteiger partial charge in [0.15, 0.2) is 17.6 Å². The second-order valence-electron chi connectivity index (χ2n) is 6.13. The number of benzene rings is 2. The Morgan fingerprint density at radius 1 is 1.08 bits per heavy atom. The molecule has 0 aliphatic carbocycles. The fourth-order valence-corrected chi connectivity index (χ4v) is 3.03. The molecule has 1 N–H and O–H groups in total. The standard InChI is InChI=1S/C20H25NO3/c1-3-22-17-11-7-8-12-18(17)24-19(16-9-5-4-6-10-16)20(2)15-21-13-14-23-20/h4-12,19,21H,3,13-15H2,1-2H3/t19-,20-/m1/s1. The van der Waals surface area contributed by atoms with Crippen LogP contribution in [0.15, 0.2) is 54.6 Å². The zero-order valence-corrected chi connectivity index (χ0v) is 14.3. The van der Waals surface area contributed by atoms with Crippen molar-refractivity contribution in [2.75, 3.05) is 26.3 Å². The van der Waals surface area contributed by atoms with Gasteiger partial charge in [-0.3, -0.25) is 0 Å². The van der Waals surface area contributed by atoms with E-state index in [1.165, 1.54) is 0 Å². The van der Waals surface area contributed by atoms with Gasteiger partial charge in [-0.2, -0.15) is 0 Å². The van der Waals surface area contributed by atoms with Crippen molar-refractivity contribution in [1.82, 2.24) is 5.32 Å². The second kappa shape index (κ2) is 7.69. The number of hydrogen-bond acceptors (Lipinski definition) is 4. The fourth-order valence-electron chi connectivity index (χ4n) is 3.03. The second-order valence-corrected chi connectivity index (χ2v) is 6.13. The van der Waals surface area contributed by atoms with Crippen LogP contribution in [-0.2, 0) is 4.74 Å². The average Bonchev–Trinajstić information content (AvgIpc) is 2.62. The monoisotopic (exact) mass is 327 g/mol. The summed E-state index contributed by atoms with van der Waals surface area (Å²) in [4.78, 5) is 0. The molecule has 0 radical (unpaired) electrons. The number of para-hydroxylation sites is 2. The molecule has 0 saturated carbocycles. The molecule has 0 aromatic heterocycles. The molecule has 3 rings (SSSR count). The molecule has 0 unspecified atom stereocenters. The predicted molar refractivity (Wildman–Crippen MR) is 94.6 cm³/mol. The van der Waals surface area contributed by atoms with Crippen molar-refractivity contribution in [1.29, 1.82) is 0 Å². The maximum absolute atomic E-state index is 6.44. The predicted octanol–water partition coefficient (Wildman–Crippen LogP) is 3.58. The van der Waals surface area contributed by atoms with Crippen LogP contribution in [0, 0.1) is 0 Å². The Labute approximate surface area is 143 Å². The van der Waals surface area contributed by atoms with Crippen LogP contribution in [0.4, 0.5) is 0 Å². The van der Waals surface area contributed by atoms with Crippen molar-refractivity contribution in [3.63, 3.8) is 0 Å². The minimum atomic E-state index is -0.446. The SMILES string of the molecule is CCOc1ccccc1O[C@H](c1ccccc1)[C@@]1(C)CNCCO1. The minimum Gasteiger partial charge on any atom is -0.490 e. The zero-order chi connectivity index (χ0) is 16.8. The van der Waals surface area contributed by atoms with Crippen molar-refractivity contribution in [2.24, 2.45) is 0 Å². The first-order valence-corrected chi connectivity index (χ1v) is 8.51. The summed E-state index contributed by atoms with van der Waals surface area (Å²) < 4.78 is 18.3. The van der Waals surface area contributed by atoms with Gasteiger partial charge in [0.25, 0.3) is 0 Å². The Hall–Kier alpha value is -2.04. The lowest BCUT2D eigenvalue weighted by Crippen LogP contribution is -2.52. The van der Waals surface area contributed by atoms with Gasteiger partial charge in [-0.25, -0.2) is 0 Å². The Balaban J connectivity index is 1.94. The van der Waals surface area contributed by atoms with Gasteiger partial charge < -0.3 is 19.5 Å². The lowest BCUT2D eigenvalue weighted by Gasteiger charge is -2.41. The molecule has 0 bridgehead atoms. The number of nitrogens with one attached hydrogen (secondary N) is 1. The van der Waals surface area contributed by atoms with Gasteiger partial charge in [0.05, 0.1) is 13.2 Å². The molecule has 4 heteroatoms. The number of ether oxygens (including phenoxy) is 3. The normalized spacial score (nSPS) is 21.9. The minimum absolute atomic E-state index is 0.229. The van der Waals surface area contributed by atoms with Gasteiger partial charge in [0.2, 0.25) is 0 Å². The van der Waals surface area contributed by atoms with Crippen molar-refractivity contribution in [3.05, 3.63) is 60.2 Å². The summed E-state index contributed by atoms with van der Waals surface area (Å²) in [7, 11) is 0. The quantitative estimate of drug-likeness (QED) is 0.880.